The van der Waals surface area contributed by atoms with Gasteiger partial charge < -0.3 is 0 Å². The van der Waals surface area contributed by atoms with Gasteiger partial charge in [0.1, 0.15) is 17.3 Å². The third kappa shape index (κ3) is 7.50. The highest BCUT2D eigenvalue weighted by atomic mass is 35.5. The van der Waals surface area contributed by atoms with E-state index in [0.717, 1.165) is 10.2 Å². The molecule has 0 aromatic heterocycles. The number of alkyl halides is 4. The Morgan fingerprint density at radius 2 is 1.97 bits per heavy atom. The van der Waals surface area contributed by atoms with Gasteiger partial charge in [0, 0.05) is 23.6 Å². The average molecular weight is 455 g/mol. The van der Waals surface area contributed by atoms with Crippen LogP contribution in [0.3, 0.4) is 0 Å². The second-order valence-electron chi connectivity index (χ2n) is 7.99. The Kier molecular flexibility index (Phi) is 8.21. The number of primary amides is 1. The third-order valence-corrected chi connectivity index (χ3v) is 5.69. The van der Waals surface area contributed by atoms with Crippen LogP contribution < -0.4 is 5.32 Å². The van der Waals surface area contributed by atoms with Gasteiger partial charge in [-0.15, -0.1) is 0 Å². The lowest BCUT2D eigenvalue weighted by Crippen LogP contribution is -2.91. The van der Waals surface area contributed by atoms with Crippen LogP contribution in [0.15, 0.2) is 18.2 Å². The van der Waals surface area contributed by atoms with E-state index in [4.69, 9.17) is 17.0 Å². The minimum absolute atomic E-state index is 0.0391. The number of amides is 2. The molecule has 0 spiro atoms. The van der Waals surface area contributed by atoms with E-state index in [1.807, 2.05) is 0 Å². The molecule has 1 aliphatic rings. The number of nitrogens with one attached hydrogen (secondary N) is 1. The molecule has 0 radical (unpaired) electrons. The maximum absolute atomic E-state index is 14.1. The lowest BCUT2D eigenvalue weighted by atomic mass is 9.81. The topological polar surface area (TPSA) is 60.8 Å². The van der Waals surface area contributed by atoms with Crippen molar-refractivity contribution < 1.29 is 32.1 Å². The van der Waals surface area contributed by atoms with Gasteiger partial charge in [-0.25, -0.2) is 18.5 Å². The Hall–Kier alpha value is -1.74. The van der Waals surface area contributed by atoms with E-state index in [1.54, 1.807) is 0 Å². The highest BCUT2D eigenvalue weighted by Gasteiger charge is 2.35. The van der Waals surface area contributed by atoms with Crippen LogP contribution in [-0.2, 0) is 6.42 Å². The molecule has 168 valence electrons. The maximum atomic E-state index is 14.1. The molecule has 0 bridgehead atoms. The molecule has 0 unspecified atom stereocenters. The van der Waals surface area contributed by atoms with Crippen LogP contribution in [0.5, 0.6) is 0 Å². The standard InChI is InChI=1S/C20H25ClF5N3O/c1-19(23)7-5-13(6-8-19)12-29(18(30)28-10-9-20(24,25)26)17(27)11-14-15(21)3-2-4-16(14)22/h2-4,13,27H,5-12H2,1H3,(H,28,30)/p+1. The molecule has 0 atom stereocenters. The Balaban J connectivity index is 2.11. The quantitative estimate of drug-likeness (QED) is 0.360. The van der Waals surface area contributed by atoms with Crippen molar-refractivity contribution in [1.29, 1.82) is 5.41 Å². The number of carbonyl (C=O) groups is 1. The van der Waals surface area contributed by atoms with Gasteiger partial charge in [-0.1, -0.05) is 17.7 Å². The fraction of sp³-hybridized carbons (Fsp3) is 0.600. The number of benzene rings is 1. The van der Waals surface area contributed by atoms with Crippen molar-refractivity contribution in [3.05, 3.63) is 34.6 Å². The summed E-state index contributed by atoms with van der Waals surface area (Å²) in [5.74, 6) is -0.986. The number of nitrogens with two attached hydrogens (primary N) is 1. The molecule has 0 aliphatic heterocycles. The molecule has 1 aliphatic carbocycles. The molecule has 30 heavy (non-hydrogen) atoms. The van der Waals surface area contributed by atoms with Gasteiger partial charge >= 0.3 is 12.2 Å². The molecule has 1 fully saturated rings. The number of rotatable bonds is 6. The zero-order valence-corrected chi connectivity index (χ0v) is 17.4. The summed E-state index contributed by atoms with van der Waals surface area (Å²) in [7, 11) is 0. The number of amidine groups is 1. The summed E-state index contributed by atoms with van der Waals surface area (Å²) < 4.78 is 65.4. The summed E-state index contributed by atoms with van der Waals surface area (Å²) in [5.41, 5.74) is -1.24. The number of carbonyl (C=O) groups excluding carboxylic acids is 1. The van der Waals surface area contributed by atoms with Crippen LogP contribution in [0.2, 0.25) is 5.02 Å². The van der Waals surface area contributed by atoms with Gasteiger partial charge in [0.05, 0.1) is 13.0 Å². The molecule has 0 heterocycles. The van der Waals surface area contributed by atoms with Crippen LogP contribution in [0, 0.1) is 17.1 Å². The number of quaternary nitrogens is 1. The zero-order chi connectivity index (χ0) is 22.5. The number of halogens is 6. The molecule has 2 amide bonds. The van der Waals surface area contributed by atoms with Gasteiger partial charge in [0.2, 0.25) is 0 Å². The summed E-state index contributed by atoms with van der Waals surface area (Å²) in [5, 5.41) is 9.32. The first-order valence-electron chi connectivity index (χ1n) is 9.78. The van der Waals surface area contributed by atoms with Gasteiger partial charge in [-0.05, 0) is 50.7 Å². The van der Waals surface area contributed by atoms with Gasteiger partial charge in [0.25, 0.3) is 0 Å². The van der Waals surface area contributed by atoms with Crippen molar-refractivity contribution in [2.45, 2.75) is 57.3 Å². The monoisotopic (exact) mass is 454 g/mol. The minimum Gasteiger partial charge on any atom is -0.288 e. The first-order chi connectivity index (χ1) is 13.9. The molecule has 4 nitrogen and oxygen atoms in total. The predicted molar refractivity (Wildman–Crippen MR) is 104 cm³/mol. The Labute approximate surface area is 177 Å². The van der Waals surface area contributed by atoms with Crippen molar-refractivity contribution in [1.82, 2.24) is 4.90 Å². The first-order valence-corrected chi connectivity index (χ1v) is 10.2. The Bertz CT molecular complexity index is 739. The second-order valence-corrected chi connectivity index (χ2v) is 8.39. The predicted octanol–water partition coefficient (Wildman–Crippen LogP) is 4.86. The van der Waals surface area contributed by atoms with Crippen molar-refractivity contribution in [2.24, 2.45) is 5.92 Å². The normalized spacial score (nSPS) is 22.0. The van der Waals surface area contributed by atoms with Gasteiger partial charge in [0.15, 0.2) is 0 Å². The van der Waals surface area contributed by atoms with E-state index in [-0.39, 0.29) is 35.3 Å². The molecule has 1 aromatic rings. The van der Waals surface area contributed by atoms with Crippen LogP contribution in [0.25, 0.3) is 0 Å². The molecule has 10 heteroatoms. The van der Waals surface area contributed by atoms with Crippen LogP contribution in [0.4, 0.5) is 26.7 Å². The summed E-state index contributed by atoms with van der Waals surface area (Å²) >= 11 is 6.00. The maximum Gasteiger partial charge on any atom is 0.421 e. The van der Waals surface area contributed by atoms with E-state index < -0.39 is 36.7 Å². The van der Waals surface area contributed by atoms with Crippen LogP contribution in [-0.4, -0.2) is 41.7 Å². The van der Waals surface area contributed by atoms with Crippen molar-refractivity contribution in [2.75, 3.05) is 13.1 Å². The van der Waals surface area contributed by atoms with E-state index >= 15 is 0 Å². The highest BCUT2D eigenvalue weighted by molar-refractivity contribution is 6.31. The average Bonchev–Trinajstić information content (AvgIpc) is 2.62. The number of nitrogens with zero attached hydrogens (tertiary/aromatic N) is 1. The summed E-state index contributed by atoms with van der Waals surface area (Å²) in [6.07, 6.45) is -4.22. The van der Waals surface area contributed by atoms with E-state index in [9.17, 15) is 26.7 Å². The summed E-state index contributed by atoms with van der Waals surface area (Å²) in [4.78, 5) is 13.7. The Morgan fingerprint density at radius 3 is 2.53 bits per heavy atom. The number of hydrogen-bond acceptors (Lipinski definition) is 2. The molecule has 2 rings (SSSR count). The van der Waals surface area contributed by atoms with Crippen LogP contribution in [0.1, 0.15) is 44.6 Å². The summed E-state index contributed by atoms with van der Waals surface area (Å²) in [6, 6.07) is 3.30. The highest BCUT2D eigenvalue weighted by Crippen LogP contribution is 2.35. The van der Waals surface area contributed by atoms with E-state index in [0.29, 0.717) is 25.7 Å². The van der Waals surface area contributed by atoms with Gasteiger partial charge in [-0.2, -0.15) is 13.2 Å². The van der Waals surface area contributed by atoms with E-state index in [2.05, 4.69) is 0 Å². The number of hydrogen-bond donors (Lipinski definition) is 2. The molecular formula is C20H26ClF5N3O+. The fourth-order valence-corrected chi connectivity index (χ4v) is 3.72. The smallest absolute Gasteiger partial charge is 0.288 e. The van der Waals surface area contributed by atoms with E-state index in [1.165, 1.54) is 25.1 Å². The second kappa shape index (κ2) is 10.0. The number of urea groups is 1. The minimum atomic E-state index is -4.40. The summed E-state index contributed by atoms with van der Waals surface area (Å²) in [6.45, 7) is 1.07. The first kappa shape index (κ1) is 24.5. The zero-order valence-electron chi connectivity index (χ0n) is 16.7. The molecule has 1 saturated carbocycles. The molecule has 3 N–H and O–H groups in total. The Morgan fingerprint density at radius 1 is 1.33 bits per heavy atom. The molecule has 1 aromatic carbocycles. The SMILES string of the molecule is CC1(F)CCC(CN(C(=N)Cc2c(F)cccc2Cl)C(=O)[NH2+]CCC(F)(F)F)CC1. The molecular weight excluding hydrogens is 429 g/mol. The molecule has 0 saturated heterocycles. The fourth-order valence-electron chi connectivity index (χ4n) is 3.49. The lowest BCUT2D eigenvalue weighted by Gasteiger charge is -2.33. The van der Waals surface area contributed by atoms with Crippen molar-refractivity contribution >= 4 is 23.5 Å². The van der Waals surface area contributed by atoms with Crippen molar-refractivity contribution in [3.63, 3.8) is 0 Å². The largest absolute Gasteiger partial charge is 0.421 e. The van der Waals surface area contributed by atoms with Crippen LogP contribution >= 0.6 is 11.6 Å². The van der Waals surface area contributed by atoms with Crippen molar-refractivity contribution in [3.8, 4) is 0 Å². The van der Waals surface area contributed by atoms with Gasteiger partial charge in [-0.3, -0.25) is 10.7 Å². The lowest BCUT2D eigenvalue weighted by molar-refractivity contribution is -0.565. The third-order valence-electron chi connectivity index (χ3n) is 5.33.